The van der Waals surface area contributed by atoms with Crippen molar-refractivity contribution in [3.05, 3.63) is 90.2 Å². The van der Waals surface area contributed by atoms with Crippen LogP contribution in [0.4, 0.5) is 15.8 Å². The lowest BCUT2D eigenvalue weighted by atomic mass is 10.1. The fourth-order valence-electron chi connectivity index (χ4n) is 3.57. The Morgan fingerprint density at radius 3 is 2.60 bits per heavy atom. The van der Waals surface area contributed by atoms with Crippen molar-refractivity contribution in [2.24, 2.45) is 0 Å². The van der Waals surface area contributed by atoms with Gasteiger partial charge in [0.1, 0.15) is 5.82 Å². The first-order chi connectivity index (χ1) is 17.0. The highest BCUT2D eigenvalue weighted by atomic mass is 19.1. The molecule has 3 aromatic carbocycles. The molecule has 35 heavy (non-hydrogen) atoms. The van der Waals surface area contributed by atoms with Crippen molar-refractivity contribution in [2.75, 3.05) is 17.4 Å². The van der Waals surface area contributed by atoms with Crippen molar-refractivity contribution in [1.29, 1.82) is 0 Å². The van der Waals surface area contributed by atoms with Gasteiger partial charge in [-0.3, -0.25) is 9.59 Å². The molecular formula is C26H20FN3O5. The Hall–Kier alpha value is -4.66. The van der Waals surface area contributed by atoms with Gasteiger partial charge in [-0.15, -0.1) is 0 Å². The van der Waals surface area contributed by atoms with Gasteiger partial charge >= 0.3 is 0 Å². The lowest BCUT2D eigenvalue weighted by molar-refractivity contribution is -0.116. The normalized spacial score (nSPS) is 11.8. The summed E-state index contributed by atoms with van der Waals surface area (Å²) in [5.41, 5.74) is 1.93. The number of ether oxygens (including phenoxy) is 2. The molecule has 0 radical (unpaired) electrons. The van der Waals surface area contributed by atoms with Crippen LogP contribution in [-0.2, 0) is 11.2 Å². The van der Waals surface area contributed by atoms with Crippen LogP contribution in [0.5, 0.6) is 11.5 Å². The number of aromatic nitrogens is 1. The molecule has 0 fully saturated rings. The lowest BCUT2D eigenvalue weighted by Crippen LogP contribution is -2.18. The number of halogens is 1. The molecular weight excluding hydrogens is 453 g/mol. The Labute approximate surface area is 199 Å². The van der Waals surface area contributed by atoms with Crippen LogP contribution in [0.25, 0.3) is 11.3 Å². The van der Waals surface area contributed by atoms with E-state index >= 15 is 0 Å². The van der Waals surface area contributed by atoms with E-state index in [1.807, 2.05) is 0 Å². The third kappa shape index (κ3) is 5.14. The summed E-state index contributed by atoms with van der Waals surface area (Å²) in [6.07, 6.45) is 1.90. The van der Waals surface area contributed by atoms with Crippen molar-refractivity contribution in [1.82, 2.24) is 4.98 Å². The van der Waals surface area contributed by atoms with Gasteiger partial charge in [0.05, 0.1) is 17.4 Å². The Balaban J connectivity index is 1.20. The van der Waals surface area contributed by atoms with Gasteiger partial charge in [0.15, 0.2) is 23.1 Å². The molecule has 0 unspecified atom stereocenters. The number of rotatable bonds is 7. The number of carbonyl (C=O) groups excluding carboxylic acids is 2. The van der Waals surface area contributed by atoms with Crippen molar-refractivity contribution < 1.29 is 27.9 Å². The number of nitrogens with one attached hydrogen (secondary N) is 2. The fraction of sp³-hybridized carbons (Fsp3) is 0.115. The van der Waals surface area contributed by atoms with Crippen LogP contribution >= 0.6 is 0 Å². The molecule has 9 heteroatoms. The van der Waals surface area contributed by atoms with Crippen LogP contribution in [0.1, 0.15) is 22.7 Å². The number of amides is 2. The second kappa shape index (κ2) is 9.68. The number of nitrogens with zero attached hydrogens (tertiary/aromatic N) is 1. The summed E-state index contributed by atoms with van der Waals surface area (Å²) >= 11 is 0. The minimum Gasteiger partial charge on any atom is -0.454 e. The molecule has 8 nitrogen and oxygen atoms in total. The Morgan fingerprint density at radius 1 is 0.943 bits per heavy atom. The number of fused-ring (bicyclic) bond motifs is 1. The zero-order chi connectivity index (χ0) is 24.2. The minimum atomic E-state index is -0.378. The summed E-state index contributed by atoms with van der Waals surface area (Å²) < 4.78 is 29.4. The second-order valence-electron chi connectivity index (χ2n) is 7.74. The van der Waals surface area contributed by atoms with Gasteiger partial charge in [-0.1, -0.05) is 12.1 Å². The molecule has 1 aliphatic rings. The monoisotopic (exact) mass is 473 g/mol. The third-order valence-corrected chi connectivity index (χ3v) is 5.32. The summed E-state index contributed by atoms with van der Waals surface area (Å²) in [6, 6.07) is 17.7. The van der Waals surface area contributed by atoms with Crippen LogP contribution in [0.15, 0.2) is 77.3 Å². The fourth-order valence-corrected chi connectivity index (χ4v) is 3.57. The predicted molar refractivity (Wildman–Crippen MR) is 126 cm³/mol. The van der Waals surface area contributed by atoms with E-state index in [2.05, 4.69) is 15.6 Å². The first-order valence-corrected chi connectivity index (χ1v) is 10.9. The van der Waals surface area contributed by atoms with Crippen LogP contribution in [-0.4, -0.2) is 23.6 Å². The van der Waals surface area contributed by atoms with E-state index in [4.69, 9.17) is 13.9 Å². The largest absolute Gasteiger partial charge is 0.454 e. The van der Waals surface area contributed by atoms with Crippen LogP contribution in [0.2, 0.25) is 0 Å². The second-order valence-corrected chi connectivity index (χ2v) is 7.74. The van der Waals surface area contributed by atoms with Gasteiger partial charge in [-0.25, -0.2) is 9.37 Å². The summed E-state index contributed by atoms with van der Waals surface area (Å²) in [4.78, 5) is 29.6. The lowest BCUT2D eigenvalue weighted by Gasteiger charge is -2.11. The zero-order valence-electron chi connectivity index (χ0n) is 18.4. The molecule has 176 valence electrons. The van der Waals surface area contributed by atoms with E-state index < -0.39 is 0 Å². The molecule has 1 aliphatic heterocycles. The SMILES string of the molecule is O=C(CCc1ncc(-c2ccc(F)cc2)o1)Nc1ccccc1C(=O)Nc1ccc2c(c1)OCO2. The van der Waals surface area contributed by atoms with Gasteiger partial charge < -0.3 is 24.5 Å². The summed E-state index contributed by atoms with van der Waals surface area (Å²) in [7, 11) is 0. The van der Waals surface area contributed by atoms with Gasteiger partial charge in [0, 0.05) is 30.2 Å². The number of para-hydroxylation sites is 1. The Bertz CT molecular complexity index is 1380. The summed E-state index contributed by atoms with van der Waals surface area (Å²) in [6.45, 7) is 0.142. The van der Waals surface area contributed by atoms with Crippen LogP contribution in [0, 0.1) is 5.82 Å². The molecule has 0 saturated carbocycles. The molecule has 1 aromatic heterocycles. The number of aryl methyl sites for hydroxylation is 1. The molecule has 5 rings (SSSR count). The van der Waals surface area contributed by atoms with Crippen molar-refractivity contribution in [3.63, 3.8) is 0 Å². The van der Waals surface area contributed by atoms with Crippen LogP contribution < -0.4 is 20.1 Å². The van der Waals surface area contributed by atoms with Gasteiger partial charge in [0.2, 0.25) is 12.7 Å². The number of benzene rings is 3. The molecule has 0 aliphatic carbocycles. The number of hydrogen-bond donors (Lipinski definition) is 2. The van der Waals surface area contributed by atoms with E-state index in [0.29, 0.717) is 45.7 Å². The molecule has 0 saturated heterocycles. The van der Waals surface area contributed by atoms with E-state index in [1.54, 1.807) is 54.6 Å². The molecule has 0 bridgehead atoms. The highest BCUT2D eigenvalue weighted by molar-refractivity contribution is 6.10. The molecule has 2 amide bonds. The van der Waals surface area contributed by atoms with Crippen molar-refractivity contribution >= 4 is 23.2 Å². The van der Waals surface area contributed by atoms with E-state index in [-0.39, 0.29) is 37.3 Å². The molecule has 2 N–H and O–H groups in total. The smallest absolute Gasteiger partial charge is 0.257 e. The number of anilines is 2. The highest BCUT2D eigenvalue weighted by Crippen LogP contribution is 2.34. The number of hydrogen-bond acceptors (Lipinski definition) is 6. The van der Waals surface area contributed by atoms with Gasteiger partial charge in [-0.05, 0) is 48.5 Å². The average Bonchev–Trinajstić information content (AvgIpc) is 3.53. The third-order valence-electron chi connectivity index (χ3n) is 5.32. The highest BCUT2D eigenvalue weighted by Gasteiger charge is 2.17. The predicted octanol–water partition coefficient (Wildman–Crippen LogP) is 5.03. The summed E-state index contributed by atoms with van der Waals surface area (Å²) in [5, 5.41) is 5.59. The maximum Gasteiger partial charge on any atom is 0.257 e. The summed E-state index contributed by atoms with van der Waals surface area (Å²) in [5.74, 6) is 1.03. The molecule has 0 spiro atoms. The average molecular weight is 473 g/mol. The Morgan fingerprint density at radius 2 is 1.74 bits per heavy atom. The standard InChI is InChI=1S/C26H20FN3O5/c27-17-7-5-16(6-8-17)23-14-28-25(35-23)12-11-24(31)30-20-4-2-1-3-19(20)26(32)29-18-9-10-21-22(13-18)34-15-33-21/h1-10,13-14H,11-12,15H2,(H,29,32)(H,30,31). The number of oxazole rings is 1. The number of carbonyl (C=O) groups is 2. The van der Waals surface area contributed by atoms with Gasteiger partial charge in [-0.2, -0.15) is 0 Å². The van der Waals surface area contributed by atoms with Crippen molar-refractivity contribution in [2.45, 2.75) is 12.8 Å². The first-order valence-electron chi connectivity index (χ1n) is 10.9. The molecule has 2 heterocycles. The topological polar surface area (TPSA) is 103 Å². The zero-order valence-corrected chi connectivity index (χ0v) is 18.4. The van der Waals surface area contributed by atoms with Crippen LogP contribution in [0.3, 0.4) is 0 Å². The van der Waals surface area contributed by atoms with Gasteiger partial charge in [0.25, 0.3) is 5.91 Å². The van der Waals surface area contributed by atoms with E-state index in [9.17, 15) is 14.0 Å². The molecule has 4 aromatic rings. The molecule has 0 atom stereocenters. The van der Waals surface area contributed by atoms with E-state index in [0.717, 1.165) is 0 Å². The Kier molecular flexibility index (Phi) is 6.13. The van der Waals surface area contributed by atoms with Crippen molar-refractivity contribution in [3.8, 4) is 22.8 Å². The van der Waals surface area contributed by atoms with E-state index in [1.165, 1.54) is 18.3 Å². The minimum absolute atomic E-state index is 0.0987. The quantitative estimate of drug-likeness (QED) is 0.390. The maximum absolute atomic E-state index is 13.1. The first kappa shape index (κ1) is 22.1. The maximum atomic E-state index is 13.1.